The third-order valence-corrected chi connectivity index (χ3v) is 3.87. The maximum Gasteiger partial charge on any atom is 0.407 e. The first-order chi connectivity index (χ1) is 8.18. The van der Waals surface area contributed by atoms with Crippen LogP contribution in [0.15, 0.2) is 35.2 Å². The van der Waals surface area contributed by atoms with Crippen molar-refractivity contribution in [2.45, 2.75) is 17.0 Å². The Morgan fingerprint density at radius 2 is 2.24 bits per heavy atom. The molecule has 0 radical (unpaired) electrons. The van der Waals surface area contributed by atoms with Gasteiger partial charge in [-0.3, -0.25) is 0 Å². The molecule has 92 valence electrons. The van der Waals surface area contributed by atoms with Gasteiger partial charge in [-0.05, 0) is 12.1 Å². The molecular formula is C12H15NO3S. The maximum atomic E-state index is 10.9. The van der Waals surface area contributed by atoms with Crippen LogP contribution in [0.2, 0.25) is 0 Å². The molecule has 1 aliphatic heterocycles. The fourth-order valence-electron chi connectivity index (χ4n) is 1.59. The smallest absolute Gasteiger partial charge is 0.407 e. The molecule has 1 aliphatic rings. The fraction of sp³-hybridized carbons (Fsp3) is 0.417. The molecule has 17 heavy (non-hydrogen) atoms. The van der Waals surface area contributed by atoms with Crippen molar-refractivity contribution in [1.82, 2.24) is 4.90 Å². The van der Waals surface area contributed by atoms with E-state index in [1.165, 1.54) is 4.90 Å². The summed E-state index contributed by atoms with van der Waals surface area (Å²) in [6, 6.07) is 9.90. The molecule has 0 saturated carbocycles. The van der Waals surface area contributed by atoms with Gasteiger partial charge in [-0.2, -0.15) is 0 Å². The first-order valence-electron chi connectivity index (χ1n) is 5.43. The van der Waals surface area contributed by atoms with Gasteiger partial charge in [0.15, 0.2) is 0 Å². The second kappa shape index (κ2) is 5.42. The minimum absolute atomic E-state index is 0.0623. The molecule has 2 atom stereocenters. The molecule has 1 saturated heterocycles. The fourth-order valence-corrected chi connectivity index (χ4v) is 2.74. The molecule has 1 unspecified atom stereocenters. The molecule has 2 rings (SSSR count). The van der Waals surface area contributed by atoms with Crippen molar-refractivity contribution in [3.63, 3.8) is 0 Å². The Hall–Kier alpha value is -1.20. The van der Waals surface area contributed by atoms with Crippen molar-refractivity contribution in [3.05, 3.63) is 30.3 Å². The average molecular weight is 253 g/mol. The lowest BCUT2D eigenvalue weighted by atomic mass is 10.2. The van der Waals surface area contributed by atoms with E-state index in [0.29, 0.717) is 6.61 Å². The van der Waals surface area contributed by atoms with Crippen LogP contribution in [-0.4, -0.2) is 47.7 Å². The van der Waals surface area contributed by atoms with Crippen molar-refractivity contribution in [2.75, 3.05) is 19.4 Å². The largest absolute Gasteiger partial charge is 0.465 e. The van der Waals surface area contributed by atoms with Crippen LogP contribution in [0.4, 0.5) is 4.79 Å². The highest BCUT2D eigenvalue weighted by Crippen LogP contribution is 2.26. The second-order valence-corrected chi connectivity index (χ2v) is 5.05. The summed E-state index contributed by atoms with van der Waals surface area (Å²) in [6.45, 7) is 0.664. The van der Waals surface area contributed by atoms with Gasteiger partial charge < -0.3 is 14.7 Å². The van der Waals surface area contributed by atoms with Gasteiger partial charge in [-0.15, -0.1) is 11.8 Å². The van der Waals surface area contributed by atoms with E-state index in [9.17, 15) is 4.79 Å². The van der Waals surface area contributed by atoms with Gasteiger partial charge in [0.2, 0.25) is 0 Å². The Morgan fingerprint density at radius 3 is 2.76 bits per heavy atom. The van der Waals surface area contributed by atoms with E-state index in [1.54, 1.807) is 18.8 Å². The van der Waals surface area contributed by atoms with Crippen LogP contribution in [0.3, 0.4) is 0 Å². The number of epoxide rings is 1. The van der Waals surface area contributed by atoms with E-state index < -0.39 is 6.09 Å². The normalized spacial score (nSPS) is 19.7. The van der Waals surface area contributed by atoms with E-state index in [-0.39, 0.29) is 12.1 Å². The lowest BCUT2D eigenvalue weighted by Crippen LogP contribution is -2.41. The van der Waals surface area contributed by atoms with Crippen LogP contribution in [-0.2, 0) is 4.74 Å². The molecule has 1 heterocycles. The number of hydrogen-bond donors (Lipinski definition) is 1. The third kappa shape index (κ3) is 3.38. The van der Waals surface area contributed by atoms with E-state index in [0.717, 1.165) is 10.6 Å². The summed E-state index contributed by atoms with van der Waals surface area (Å²) in [5.74, 6) is 0.720. The lowest BCUT2D eigenvalue weighted by molar-refractivity contribution is 0.134. The number of benzene rings is 1. The molecule has 0 bridgehead atoms. The molecule has 1 aromatic rings. The number of carboxylic acid groups (broad SMARTS) is 1. The number of amides is 1. The van der Waals surface area contributed by atoms with Crippen LogP contribution < -0.4 is 0 Å². The van der Waals surface area contributed by atoms with Crippen LogP contribution in [0.25, 0.3) is 0 Å². The molecule has 1 N–H and O–H groups in total. The molecule has 0 aromatic heterocycles. The first-order valence-corrected chi connectivity index (χ1v) is 6.42. The summed E-state index contributed by atoms with van der Waals surface area (Å²) in [6.07, 6.45) is -0.841. The minimum Gasteiger partial charge on any atom is -0.465 e. The Balaban J connectivity index is 1.92. The van der Waals surface area contributed by atoms with Gasteiger partial charge in [-0.1, -0.05) is 18.2 Å². The topological polar surface area (TPSA) is 53.1 Å². The van der Waals surface area contributed by atoms with Gasteiger partial charge in [0, 0.05) is 17.7 Å². The van der Waals surface area contributed by atoms with Crippen LogP contribution in [0.5, 0.6) is 0 Å². The Bertz CT molecular complexity index is 381. The highest BCUT2D eigenvalue weighted by molar-refractivity contribution is 7.99. The zero-order chi connectivity index (χ0) is 12.3. The monoisotopic (exact) mass is 253 g/mol. The predicted molar refractivity (Wildman–Crippen MR) is 66.5 cm³/mol. The van der Waals surface area contributed by atoms with Crippen molar-refractivity contribution in [2.24, 2.45) is 0 Å². The van der Waals surface area contributed by atoms with E-state index in [1.807, 2.05) is 30.3 Å². The summed E-state index contributed by atoms with van der Waals surface area (Å²) in [5, 5.41) is 8.99. The van der Waals surface area contributed by atoms with Crippen LogP contribution in [0, 0.1) is 0 Å². The molecule has 0 spiro atoms. The summed E-state index contributed by atoms with van der Waals surface area (Å²) in [4.78, 5) is 13.4. The summed E-state index contributed by atoms with van der Waals surface area (Å²) in [7, 11) is 1.60. The van der Waals surface area contributed by atoms with Crippen molar-refractivity contribution >= 4 is 17.9 Å². The Morgan fingerprint density at radius 1 is 1.59 bits per heavy atom. The van der Waals surface area contributed by atoms with Gasteiger partial charge in [0.05, 0.1) is 12.6 Å². The number of rotatable bonds is 5. The molecule has 1 aromatic carbocycles. The van der Waals surface area contributed by atoms with Crippen LogP contribution >= 0.6 is 11.8 Å². The first kappa shape index (κ1) is 12.3. The summed E-state index contributed by atoms with van der Waals surface area (Å²) in [5.41, 5.74) is 0. The second-order valence-electron chi connectivity index (χ2n) is 3.96. The van der Waals surface area contributed by atoms with Crippen LogP contribution in [0.1, 0.15) is 0 Å². The Kier molecular flexibility index (Phi) is 3.91. The summed E-state index contributed by atoms with van der Waals surface area (Å²) < 4.78 is 5.21. The van der Waals surface area contributed by atoms with Gasteiger partial charge >= 0.3 is 6.09 Å². The summed E-state index contributed by atoms with van der Waals surface area (Å²) >= 11 is 1.66. The minimum atomic E-state index is -0.904. The van der Waals surface area contributed by atoms with Gasteiger partial charge in [0.25, 0.3) is 0 Å². The number of thioether (sulfide) groups is 1. The SMILES string of the molecule is CN(C(=O)O)[C@@H](CSc1ccccc1)C1CO1. The van der Waals surface area contributed by atoms with E-state index in [4.69, 9.17) is 9.84 Å². The average Bonchev–Trinajstić information content (AvgIpc) is 3.15. The molecule has 0 aliphatic carbocycles. The predicted octanol–water partition coefficient (Wildman–Crippen LogP) is 2.16. The maximum absolute atomic E-state index is 10.9. The number of hydrogen-bond acceptors (Lipinski definition) is 3. The molecular weight excluding hydrogens is 238 g/mol. The molecule has 5 heteroatoms. The van der Waals surface area contributed by atoms with Gasteiger partial charge in [0.1, 0.15) is 6.10 Å². The van der Waals surface area contributed by atoms with E-state index >= 15 is 0 Å². The zero-order valence-corrected chi connectivity index (χ0v) is 10.4. The van der Waals surface area contributed by atoms with E-state index in [2.05, 4.69) is 0 Å². The van der Waals surface area contributed by atoms with Gasteiger partial charge in [-0.25, -0.2) is 4.79 Å². The van der Waals surface area contributed by atoms with Crippen molar-refractivity contribution in [1.29, 1.82) is 0 Å². The standard InChI is InChI=1S/C12H15NO3S/c1-13(12(14)15)10(11-7-16-11)8-17-9-5-3-2-4-6-9/h2-6,10-11H,7-8H2,1H3,(H,14,15)/t10-,11?/m0/s1. The Labute approximate surface area is 105 Å². The number of ether oxygens (including phenoxy) is 1. The lowest BCUT2D eigenvalue weighted by Gasteiger charge is -2.23. The van der Waals surface area contributed by atoms with Crippen molar-refractivity contribution < 1.29 is 14.6 Å². The number of carbonyl (C=O) groups is 1. The number of nitrogens with zero attached hydrogens (tertiary/aromatic N) is 1. The quantitative estimate of drug-likeness (QED) is 0.645. The molecule has 1 fully saturated rings. The zero-order valence-electron chi connectivity index (χ0n) is 9.57. The highest BCUT2D eigenvalue weighted by Gasteiger charge is 2.37. The highest BCUT2D eigenvalue weighted by atomic mass is 32.2. The van der Waals surface area contributed by atoms with Crippen molar-refractivity contribution in [3.8, 4) is 0 Å². The third-order valence-electron chi connectivity index (χ3n) is 2.75. The number of likely N-dealkylation sites (N-methyl/N-ethyl adjacent to an activating group) is 1. The molecule has 4 nitrogen and oxygen atoms in total. The molecule has 1 amide bonds.